The molecular weight excluding hydrogens is 313 g/mol. The summed E-state index contributed by atoms with van der Waals surface area (Å²) in [7, 11) is 1.67. The summed E-state index contributed by atoms with van der Waals surface area (Å²) in [6.07, 6.45) is 3.41. The van der Waals surface area contributed by atoms with Crippen LogP contribution in [-0.2, 0) is 0 Å². The first-order valence-electron chi connectivity index (χ1n) is 6.97. The molecule has 0 N–H and O–H groups in total. The summed E-state index contributed by atoms with van der Waals surface area (Å²) in [6, 6.07) is 9.55. The van der Waals surface area contributed by atoms with Gasteiger partial charge in [-0.05, 0) is 43.3 Å². The smallest absolute Gasteiger partial charge is 0.270 e. The van der Waals surface area contributed by atoms with Crippen molar-refractivity contribution in [3.63, 3.8) is 0 Å². The van der Waals surface area contributed by atoms with Crippen molar-refractivity contribution in [1.82, 2.24) is 9.97 Å². The maximum Gasteiger partial charge on any atom is 0.270 e. The molecule has 1 aromatic carbocycles. The molecule has 0 atom stereocenters. The van der Waals surface area contributed by atoms with E-state index in [2.05, 4.69) is 9.97 Å². The van der Waals surface area contributed by atoms with Gasteiger partial charge >= 0.3 is 0 Å². The summed E-state index contributed by atoms with van der Waals surface area (Å²) in [5.74, 6) is -0.496. The molecule has 3 aromatic rings. The predicted molar refractivity (Wildman–Crippen MR) is 89.2 cm³/mol. The first-order valence-corrected chi connectivity index (χ1v) is 7.79. The highest BCUT2D eigenvalue weighted by molar-refractivity contribution is 7.17. The van der Waals surface area contributed by atoms with E-state index in [0.717, 1.165) is 10.6 Å². The number of amides is 1. The van der Waals surface area contributed by atoms with E-state index >= 15 is 0 Å². The van der Waals surface area contributed by atoms with Crippen LogP contribution < -0.4 is 4.90 Å². The molecule has 0 aliphatic carbocycles. The van der Waals surface area contributed by atoms with Crippen molar-refractivity contribution >= 4 is 22.9 Å². The normalized spacial score (nSPS) is 10.6. The van der Waals surface area contributed by atoms with E-state index in [4.69, 9.17) is 0 Å². The van der Waals surface area contributed by atoms with Crippen LogP contribution in [0.2, 0.25) is 0 Å². The van der Waals surface area contributed by atoms with Crippen LogP contribution in [0.3, 0.4) is 0 Å². The number of anilines is 1. The summed E-state index contributed by atoms with van der Waals surface area (Å²) in [5, 5.41) is 0.756. The monoisotopic (exact) mass is 327 g/mol. The van der Waals surface area contributed by atoms with Crippen molar-refractivity contribution < 1.29 is 9.18 Å². The van der Waals surface area contributed by atoms with Gasteiger partial charge in [0.15, 0.2) is 0 Å². The van der Waals surface area contributed by atoms with Gasteiger partial charge in [0.05, 0.1) is 5.69 Å². The second-order valence-electron chi connectivity index (χ2n) is 5.02. The van der Waals surface area contributed by atoms with E-state index in [1.807, 2.05) is 19.1 Å². The molecule has 23 heavy (non-hydrogen) atoms. The Morgan fingerprint density at radius 1 is 1.22 bits per heavy atom. The van der Waals surface area contributed by atoms with Crippen LogP contribution in [0.1, 0.15) is 15.4 Å². The average molecular weight is 327 g/mol. The maximum absolute atomic E-state index is 13.0. The fraction of sp³-hybridized carbons (Fsp3) is 0.118. The van der Waals surface area contributed by atoms with E-state index in [1.54, 1.807) is 31.6 Å². The number of carbonyl (C=O) groups excluding carboxylic acids is 1. The molecule has 0 fully saturated rings. The molecule has 6 heteroatoms. The Morgan fingerprint density at radius 3 is 2.61 bits per heavy atom. The fourth-order valence-electron chi connectivity index (χ4n) is 2.14. The lowest BCUT2D eigenvalue weighted by molar-refractivity contribution is 0.0996. The number of rotatable bonds is 3. The number of aromatic nitrogens is 2. The first kappa shape index (κ1) is 15.3. The molecule has 1 amide bonds. The number of hydrogen-bond acceptors (Lipinski definition) is 4. The molecule has 2 heterocycles. The van der Waals surface area contributed by atoms with E-state index in [9.17, 15) is 9.18 Å². The summed E-state index contributed by atoms with van der Waals surface area (Å²) in [4.78, 5) is 23.3. The molecule has 4 nitrogen and oxygen atoms in total. The number of halogens is 1. The zero-order valence-corrected chi connectivity index (χ0v) is 13.5. The van der Waals surface area contributed by atoms with Gasteiger partial charge in [-0.15, -0.1) is 11.3 Å². The van der Waals surface area contributed by atoms with Crippen LogP contribution in [-0.4, -0.2) is 22.9 Å². The minimum absolute atomic E-state index is 0.165. The third kappa shape index (κ3) is 3.12. The zero-order chi connectivity index (χ0) is 16.4. The molecule has 0 saturated heterocycles. The Morgan fingerprint density at radius 2 is 1.96 bits per heavy atom. The summed E-state index contributed by atoms with van der Waals surface area (Å²) in [6.45, 7) is 1.81. The molecule has 0 spiro atoms. The second kappa shape index (κ2) is 6.26. The Bertz CT molecular complexity index is 831. The SMILES string of the molecule is Cc1nc(-c2cccnc2)sc1C(=O)N(C)c1ccc(F)cc1. The molecule has 2 aromatic heterocycles. The van der Waals surface area contributed by atoms with Gasteiger partial charge in [0.25, 0.3) is 5.91 Å². The minimum atomic E-state index is -0.331. The largest absolute Gasteiger partial charge is 0.311 e. The second-order valence-corrected chi connectivity index (χ2v) is 6.01. The van der Waals surface area contributed by atoms with Gasteiger partial charge in [-0.3, -0.25) is 9.78 Å². The maximum atomic E-state index is 13.0. The molecule has 116 valence electrons. The van der Waals surface area contributed by atoms with Crippen molar-refractivity contribution in [2.24, 2.45) is 0 Å². The number of thiazole rings is 1. The summed E-state index contributed by atoms with van der Waals surface area (Å²) in [5.41, 5.74) is 2.18. The number of carbonyl (C=O) groups is 1. The topological polar surface area (TPSA) is 46.1 Å². The van der Waals surface area contributed by atoms with Crippen LogP contribution in [0, 0.1) is 12.7 Å². The van der Waals surface area contributed by atoms with Gasteiger partial charge in [0.2, 0.25) is 0 Å². The zero-order valence-electron chi connectivity index (χ0n) is 12.7. The lowest BCUT2D eigenvalue weighted by atomic mass is 10.2. The Kier molecular flexibility index (Phi) is 4.16. The Balaban J connectivity index is 1.91. The van der Waals surface area contributed by atoms with Crippen LogP contribution >= 0.6 is 11.3 Å². The third-order valence-electron chi connectivity index (χ3n) is 3.42. The van der Waals surface area contributed by atoms with Gasteiger partial charge in [0.1, 0.15) is 15.7 Å². The van der Waals surface area contributed by atoms with Gasteiger partial charge in [-0.2, -0.15) is 0 Å². The minimum Gasteiger partial charge on any atom is -0.311 e. The number of hydrogen-bond donors (Lipinski definition) is 0. The van der Waals surface area contributed by atoms with Crippen molar-refractivity contribution in [3.8, 4) is 10.6 Å². The molecule has 0 aliphatic heterocycles. The Hall–Kier alpha value is -2.60. The highest BCUT2D eigenvalue weighted by Crippen LogP contribution is 2.29. The van der Waals surface area contributed by atoms with Gasteiger partial charge in [-0.1, -0.05) is 0 Å². The number of benzene rings is 1. The highest BCUT2D eigenvalue weighted by atomic mass is 32.1. The quantitative estimate of drug-likeness (QED) is 0.732. The molecule has 0 aliphatic rings. The lowest BCUT2D eigenvalue weighted by Crippen LogP contribution is -2.25. The number of aryl methyl sites for hydroxylation is 1. The van der Waals surface area contributed by atoms with E-state index in [-0.39, 0.29) is 11.7 Å². The van der Waals surface area contributed by atoms with Crippen LogP contribution in [0.4, 0.5) is 10.1 Å². The van der Waals surface area contributed by atoms with Crippen molar-refractivity contribution in [1.29, 1.82) is 0 Å². The fourth-order valence-corrected chi connectivity index (χ4v) is 3.17. The standard InChI is InChI=1S/C17H14FN3OS/c1-11-15(23-16(20-11)12-4-3-9-19-10-12)17(22)21(2)14-7-5-13(18)6-8-14/h3-10H,1-2H3. The first-order chi connectivity index (χ1) is 11.1. The van der Waals surface area contributed by atoms with Crippen LogP contribution in [0.15, 0.2) is 48.8 Å². The number of nitrogens with zero attached hydrogens (tertiary/aromatic N) is 3. The summed E-state index contributed by atoms with van der Waals surface area (Å²) < 4.78 is 13.0. The van der Waals surface area contributed by atoms with Crippen molar-refractivity contribution in [2.45, 2.75) is 6.92 Å². The highest BCUT2D eigenvalue weighted by Gasteiger charge is 2.20. The van der Waals surface area contributed by atoms with Crippen molar-refractivity contribution in [2.75, 3.05) is 11.9 Å². The van der Waals surface area contributed by atoms with E-state index in [1.165, 1.54) is 28.4 Å². The van der Waals surface area contributed by atoms with E-state index in [0.29, 0.717) is 16.3 Å². The summed E-state index contributed by atoms with van der Waals surface area (Å²) >= 11 is 1.33. The van der Waals surface area contributed by atoms with Crippen molar-refractivity contribution in [3.05, 3.63) is 65.2 Å². The Labute approximate surface area is 137 Å². The molecule has 3 rings (SSSR count). The predicted octanol–water partition coefficient (Wildman–Crippen LogP) is 3.93. The van der Waals surface area contributed by atoms with Crippen LogP contribution in [0.5, 0.6) is 0 Å². The molecule has 0 unspecified atom stereocenters. The number of pyridine rings is 1. The third-order valence-corrected chi connectivity index (χ3v) is 4.61. The van der Waals surface area contributed by atoms with Gasteiger partial charge in [0, 0.05) is 30.7 Å². The van der Waals surface area contributed by atoms with Gasteiger partial charge < -0.3 is 4.90 Å². The van der Waals surface area contributed by atoms with E-state index < -0.39 is 0 Å². The molecule has 0 bridgehead atoms. The molecular formula is C17H14FN3OS. The van der Waals surface area contributed by atoms with Crippen LogP contribution in [0.25, 0.3) is 10.6 Å². The molecule has 0 radical (unpaired) electrons. The lowest BCUT2D eigenvalue weighted by Gasteiger charge is -2.16. The van der Waals surface area contributed by atoms with Gasteiger partial charge in [-0.25, -0.2) is 9.37 Å². The average Bonchev–Trinajstić information content (AvgIpc) is 2.97. The molecule has 0 saturated carbocycles.